The normalized spacial score (nSPS) is 11.8. The first kappa shape index (κ1) is 21.1. The average molecular weight is 428 g/mol. The third kappa shape index (κ3) is 5.95. The van der Waals surface area contributed by atoms with Gasteiger partial charge in [0, 0.05) is 22.7 Å². The Hall–Kier alpha value is -2.57. The molecule has 1 heterocycles. The highest BCUT2D eigenvalue weighted by molar-refractivity contribution is 7.99. The number of H-pyrrole nitrogens is 1. The van der Waals surface area contributed by atoms with Crippen LogP contribution in [0.2, 0.25) is 5.02 Å². The first-order valence-electron chi connectivity index (χ1n) is 9.23. The molecule has 1 unspecified atom stereocenters. The van der Waals surface area contributed by atoms with Crippen molar-refractivity contribution in [2.24, 2.45) is 0 Å². The number of amides is 1. The molecule has 0 aliphatic rings. The third-order valence-electron chi connectivity index (χ3n) is 4.51. The SMILES string of the molecule is Cc1nc(SCC(=O)NC(C)c2ccccc2)[nH]c(=O)c1Cc1ccc(Cl)cc1. The smallest absolute Gasteiger partial charge is 0.255 e. The standard InChI is InChI=1S/C22H22ClN3O2S/c1-14(17-6-4-3-5-7-17)24-20(27)13-29-22-25-15(2)19(21(28)26-22)12-16-8-10-18(23)11-9-16/h3-11,14H,12-13H2,1-2H3,(H,24,27)(H,25,26,28). The summed E-state index contributed by atoms with van der Waals surface area (Å²) in [5.74, 6) is 0.0627. The van der Waals surface area contributed by atoms with E-state index in [1.165, 1.54) is 11.8 Å². The van der Waals surface area contributed by atoms with Crippen LogP contribution in [0.1, 0.15) is 35.3 Å². The number of aromatic amines is 1. The molecule has 3 aromatic rings. The number of benzene rings is 2. The van der Waals surface area contributed by atoms with Crippen LogP contribution in [-0.2, 0) is 11.2 Å². The van der Waals surface area contributed by atoms with Crippen LogP contribution in [0.4, 0.5) is 0 Å². The Bertz CT molecular complexity index is 1040. The molecule has 0 aliphatic carbocycles. The molecular weight excluding hydrogens is 406 g/mol. The van der Waals surface area contributed by atoms with Gasteiger partial charge in [0.2, 0.25) is 5.91 Å². The van der Waals surface area contributed by atoms with Crippen molar-refractivity contribution in [3.63, 3.8) is 0 Å². The van der Waals surface area contributed by atoms with Gasteiger partial charge in [-0.1, -0.05) is 65.8 Å². The van der Waals surface area contributed by atoms with Gasteiger partial charge in [0.1, 0.15) is 0 Å². The summed E-state index contributed by atoms with van der Waals surface area (Å²) in [7, 11) is 0. The van der Waals surface area contributed by atoms with Gasteiger partial charge in [0.15, 0.2) is 5.16 Å². The lowest BCUT2D eigenvalue weighted by atomic mass is 10.1. The number of halogens is 1. The second-order valence-electron chi connectivity index (χ2n) is 6.73. The molecule has 2 N–H and O–H groups in total. The van der Waals surface area contributed by atoms with Crippen LogP contribution in [0.3, 0.4) is 0 Å². The summed E-state index contributed by atoms with van der Waals surface area (Å²) in [5.41, 5.74) is 3.11. The summed E-state index contributed by atoms with van der Waals surface area (Å²) in [4.78, 5) is 32.0. The molecule has 3 rings (SSSR count). The van der Waals surface area contributed by atoms with Gasteiger partial charge >= 0.3 is 0 Å². The Morgan fingerprint density at radius 2 is 1.86 bits per heavy atom. The maximum absolute atomic E-state index is 12.5. The van der Waals surface area contributed by atoms with Crippen molar-refractivity contribution in [2.45, 2.75) is 31.5 Å². The number of nitrogens with one attached hydrogen (secondary N) is 2. The Labute approximate surface area is 178 Å². The molecule has 0 radical (unpaired) electrons. The molecule has 1 amide bonds. The Kier molecular flexibility index (Phi) is 7.12. The van der Waals surface area contributed by atoms with Crippen molar-refractivity contribution in [1.29, 1.82) is 0 Å². The van der Waals surface area contributed by atoms with Gasteiger partial charge in [-0.25, -0.2) is 4.98 Å². The maximum Gasteiger partial charge on any atom is 0.255 e. The first-order chi connectivity index (χ1) is 13.9. The van der Waals surface area contributed by atoms with E-state index in [-0.39, 0.29) is 23.3 Å². The highest BCUT2D eigenvalue weighted by atomic mass is 35.5. The number of rotatable bonds is 7. The minimum Gasteiger partial charge on any atom is -0.349 e. The number of carbonyl (C=O) groups is 1. The van der Waals surface area contributed by atoms with Crippen LogP contribution < -0.4 is 10.9 Å². The molecule has 0 saturated heterocycles. The number of carbonyl (C=O) groups excluding carboxylic acids is 1. The van der Waals surface area contributed by atoms with Crippen LogP contribution in [0.5, 0.6) is 0 Å². The first-order valence-corrected chi connectivity index (χ1v) is 10.6. The van der Waals surface area contributed by atoms with E-state index in [0.29, 0.717) is 27.9 Å². The van der Waals surface area contributed by atoms with Crippen molar-refractivity contribution >= 4 is 29.3 Å². The Morgan fingerprint density at radius 1 is 1.17 bits per heavy atom. The highest BCUT2D eigenvalue weighted by Crippen LogP contribution is 2.17. The second-order valence-corrected chi connectivity index (χ2v) is 8.13. The Balaban J connectivity index is 1.61. The van der Waals surface area contributed by atoms with Crippen molar-refractivity contribution in [1.82, 2.24) is 15.3 Å². The zero-order chi connectivity index (χ0) is 20.8. The van der Waals surface area contributed by atoms with Crippen molar-refractivity contribution in [3.05, 3.63) is 92.4 Å². The summed E-state index contributed by atoms with van der Waals surface area (Å²) in [6, 6.07) is 17.1. The molecule has 0 bridgehead atoms. The molecule has 1 atom stereocenters. The minimum atomic E-state index is -0.187. The molecule has 0 spiro atoms. The van der Waals surface area contributed by atoms with Gasteiger partial charge in [-0.3, -0.25) is 9.59 Å². The fourth-order valence-electron chi connectivity index (χ4n) is 2.91. The van der Waals surface area contributed by atoms with Gasteiger partial charge in [-0.05, 0) is 37.1 Å². The quantitative estimate of drug-likeness (QED) is 0.435. The van der Waals surface area contributed by atoms with E-state index < -0.39 is 0 Å². The van der Waals surface area contributed by atoms with Crippen molar-refractivity contribution in [2.75, 3.05) is 5.75 Å². The van der Waals surface area contributed by atoms with Gasteiger partial charge in [0.25, 0.3) is 5.56 Å². The molecule has 7 heteroatoms. The molecule has 5 nitrogen and oxygen atoms in total. The third-order valence-corrected chi connectivity index (χ3v) is 5.64. The summed E-state index contributed by atoms with van der Waals surface area (Å²) in [6.07, 6.45) is 0.478. The van der Waals surface area contributed by atoms with Crippen LogP contribution in [0.15, 0.2) is 64.5 Å². The van der Waals surface area contributed by atoms with Crippen LogP contribution in [0, 0.1) is 6.92 Å². The topological polar surface area (TPSA) is 74.8 Å². The monoisotopic (exact) mass is 427 g/mol. The maximum atomic E-state index is 12.5. The van der Waals surface area contributed by atoms with Gasteiger partial charge in [0.05, 0.1) is 11.8 Å². The van der Waals surface area contributed by atoms with Crippen LogP contribution in [-0.4, -0.2) is 21.6 Å². The largest absolute Gasteiger partial charge is 0.349 e. The second kappa shape index (κ2) is 9.76. The molecular formula is C22H22ClN3O2S. The molecule has 0 saturated carbocycles. The summed E-state index contributed by atoms with van der Waals surface area (Å²) in [5, 5.41) is 4.05. The zero-order valence-electron chi connectivity index (χ0n) is 16.2. The zero-order valence-corrected chi connectivity index (χ0v) is 17.8. The number of nitrogens with zero attached hydrogens (tertiary/aromatic N) is 1. The van der Waals surface area contributed by atoms with Crippen LogP contribution in [0.25, 0.3) is 0 Å². The van der Waals surface area contributed by atoms with E-state index in [9.17, 15) is 9.59 Å². The molecule has 150 valence electrons. The highest BCUT2D eigenvalue weighted by Gasteiger charge is 2.13. The molecule has 0 aliphatic heterocycles. The van der Waals surface area contributed by atoms with Crippen molar-refractivity contribution < 1.29 is 4.79 Å². The van der Waals surface area contributed by atoms with E-state index >= 15 is 0 Å². The molecule has 2 aromatic carbocycles. The average Bonchev–Trinajstić information content (AvgIpc) is 2.71. The number of aromatic nitrogens is 2. The van der Waals surface area contributed by atoms with Gasteiger partial charge in [-0.2, -0.15) is 0 Å². The van der Waals surface area contributed by atoms with E-state index in [1.807, 2.05) is 56.3 Å². The summed E-state index contributed by atoms with van der Waals surface area (Å²) >= 11 is 7.12. The fourth-order valence-corrected chi connectivity index (χ4v) is 3.75. The molecule has 29 heavy (non-hydrogen) atoms. The number of aryl methyl sites for hydroxylation is 1. The van der Waals surface area contributed by atoms with Crippen LogP contribution >= 0.6 is 23.4 Å². The number of hydrogen-bond donors (Lipinski definition) is 2. The molecule has 0 fully saturated rings. The van der Waals surface area contributed by atoms with Gasteiger partial charge < -0.3 is 10.3 Å². The summed E-state index contributed by atoms with van der Waals surface area (Å²) < 4.78 is 0. The fraction of sp³-hybridized carbons (Fsp3) is 0.227. The predicted octanol–water partition coefficient (Wildman–Crippen LogP) is 4.29. The lowest BCUT2D eigenvalue weighted by Gasteiger charge is -2.14. The van der Waals surface area contributed by atoms with E-state index in [2.05, 4.69) is 15.3 Å². The van der Waals surface area contributed by atoms with Gasteiger partial charge in [-0.15, -0.1) is 0 Å². The number of thioether (sulfide) groups is 1. The van der Waals surface area contributed by atoms with E-state index in [4.69, 9.17) is 11.6 Å². The lowest BCUT2D eigenvalue weighted by Crippen LogP contribution is -2.28. The van der Waals surface area contributed by atoms with E-state index in [0.717, 1.165) is 11.1 Å². The molecule has 1 aromatic heterocycles. The van der Waals surface area contributed by atoms with E-state index in [1.54, 1.807) is 12.1 Å². The Morgan fingerprint density at radius 3 is 2.52 bits per heavy atom. The van der Waals surface area contributed by atoms with Crippen molar-refractivity contribution in [3.8, 4) is 0 Å². The summed E-state index contributed by atoms with van der Waals surface area (Å²) in [6.45, 7) is 3.75. The lowest BCUT2D eigenvalue weighted by molar-refractivity contribution is -0.119. The number of hydrogen-bond acceptors (Lipinski definition) is 4. The predicted molar refractivity (Wildman–Crippen MR) is 118 cm³/mol. The minimum absolute atomic E-state index is 0.0835.